The second kappa shape index (κ2) is 5.17. The predicted octanol–water partition coefficient (Wildman–Crippen LogP) is 2.04. The molecule has 1 atom stereocenters. The lowest BCUT2D eigenvalue weighted by atomic mass is 10.0. The molecule has 1 unspecified atom stereocenters. The monoisotopic (exact) mass is 199 g/mol. The third-order valence-electron chi connectivity index (χ3n) is 1.93. The van der Waals surface area contributed by atoms with Crippen LogP contribution in [0.3, 0.4) is 0 Å². The summed E-state index contributed by atoms with van der Waals surface area (Å²) in [5, 5.41) is 0.508. The van der Waals surface area contributed by atoms with E-state index in [-0.39, 0.29) is 6.04 Å². The van der Waals surface area contributed by atoms with Gasteiger partial charge >= 0.3 is 0 Å². The number of hydrogen-bond donors (Lipinski definition) is 2. The van der Waals surface area contributed by atoms with E-state index in [0.717, 1.165) is 18.4 Å². The van der Waals surface area contributed by atoms with Crippen molar-refractivity contribution in [3.05, 3.63) is 29.0 Å². The third-order valence-corrected chi connectivity index (χ3v) is 2.14. The van der Waals surface area contributed by atoms with Gasteiger partial charge in [-0.3, -0.25) is 11.3 Å². The molecular formula is C9H14ClN3. The number of hydrogen-bond acceptors (Lipinski definition) is 3. The van der Waals surface area contributed by atoms with Crippen molar-refractivity contribution in [1.29, 1.82) is 0 Å². The summed E-state index contributed by atoms with van der Waals surface area (Å²) >= 11 is 5.77. The van der Waals surface area contributed by atoms with Crippen LogP contribution in [0.25, 0.3) is 0 Å². The van der Waals surface area contributed by atoms with Crippen molar-refractivity contribution in [2.75, 3.05) is 0 Å². The van der Waals surface area contributed by atoms with Gasteiger partial charge in [0, 0.05) is 12.2 Å². The van der Waals surface area contributed by atoms with Gasteiger partial charge in [-0.15, -0.1) is 0 Å². The Morgan fingerprint density at radius 2 is 2.46 bits per heavy atom. The Labute approximate surface area is 83.3 Å². The molecule has 0 amide bonds. The van der Waals surface area contributed by atoms with Crippen molar-refractivity contribution in [3.8, 4) is 0 Å². The molecule has 0 saturated carbocycles. The third kappa shape index (κ3) is 2.95. The van der Waals surface area contributed by atoms with Crippen molar-refractivity contribution in [2.45, 2.75) is 25.8 Å². The number of nitrogens with one attached hydrogen (secondary N) is 1. The number of nitrogens with two attached hydrogens (primary N) is 1. The number of hydrazine groups is 1. The normalized spacial score (nSPS) is 12.8. The van der Waals surface area contributed by atoms with Crippen molar-refractivity contribution < 1.29 is 0 Å². The van der Waals surface area contributed by atoms with Crippen LogP contribution < -0.4 is 11.3 Å². The highest BCUT2D eigenvalue weighted by atomic mass is 35.5. The zero-order chi connectivity index (χ0) is 9.68. The van der Waals surface area contributed by atoms with E-state index in [0.29, 0.717) is 5.15 Å². The molecule has 1 aromatic rings. The highest BCUT2D eigenvalue weighted by Gasteiger charge is 2.08. The summed E-state index contributed by atoms with van der Waals surface area (Å²) in [5.41, 5.74) is 3.85. The van der Waals surface area contributed by atoms with Gasteiger partial charge in [0.15, 0.2) is 0 Å². The number of aromatic nitrogens is 1. The van der Waals surface area contributed by atoms with E-state index in [2.05, 4.69) is 17.3 Å². The summed E-state index contributed by atoms with van der Waals surface area (Å²) in [6.45, 7) is 2.12. The first-order valence-electron chi connectivity index (χ1n) is 4.35. The maximum Gasteiger partial charge on any atom is 0.129 e. The van der Waals surface area contributed by atoms with Gasteiger partial charge in [0.25, 0.3) is 0 Å². The molecule has 1 heterocycles. The standard InChI is InChI=1S/C9H14ClN3/c1-2-3-8(13-11)7-4-5-12-9(10)6-7/h4-6,8,13H,2-3,11H2,1H3. The van der Waals surface area contributed by atoms with Crippen LogP contribution in [0.1, 0.15) is 31.4 Å². The predicted molar refractivity (Wildman–Crippen MR) is 54.2 cm³/mol. The maximum absolute atomic E-state index is 5.77. The molecule has 13 heavy (non-hydrogen) atoms. The first-order chi connectivity index (χ1) is 6.27. The molecule has 0 radical (unpaired) electrons. The summed E-state index contributed by atoms with van der Waals surface area (Å²) < 4.78 is 0. The van der Waals surface area contributed by atoms with Gasteiger partial charge in [0.1, 0.15) is 5.15 Å². The average Bonchev–Trinajstić information content (AvgIpc) is 2.14. The molecule has 0 spiro atoms. The highest BCUT2D eigenvalue weighted by molar-refractivity contribution is 6.29. The molecule has 0 aromatic carbocycles. The largest absolute Gasteiger partial charge is 0.271 e. The summed E-state index contributed by atoms with van der Waals surface area (Å²) in [6.07, 6.45) is 3.77. The molecule has 0 saturated heterocycles. The van der Waals surface area contributed by atoms with Crippen molar-refractivity contribution in [1.82, 2.24) is 10.4 Å². The topological polar surface area (TPSA) is 50.9 Å². The Bertz CT molecular complexity index is 265. The first-order valence-corrected chi connectivity index (χ1v) is 4.73. The van der Waals surface area contributed by atoms with Crippen LogP contribution in [0.2, 0.25) is 5.15 Å². The molecule has 0 aliphatic rings. The lowest BCUT2D eigenvalue weighted by Gasteiger charge is -2.14. The van der Waals surface area contributed by atoms with Gasteiger partial charge in [-0.2, -0.15) is 0 Å². The van der Waals surface area contributed by atoms with Crippen LogP contribution in [-0.4, -0.2) is 4.98 Å². The molecule has 0 aliphatic heterocycles. The maximum atomic E-state index is 5.77. The smallest absolute Gasteiger partial charge is 0.129 e. The minimum absolute atomic E-state index is 0.172. The summed E-state index contributed by atoms with van der Waals surface area (Å²) in [7, 11) is 0. The van der Waals surface area contributed by atoms with Crippen molar-refractivity contribution in [2.24, 2.45) is 5.84 Å². The van der Waals surface area contributed by atoms with Crippen LogP contribution in [0.4, 0.5) is 0 Å². The Morgan fingerprint density at radius 1 is 1.69 bits per heavy atom. The SMILES string of the molecule is CCCC(NN)c1ccnc(Cl)c1. The van der Waals surface area contributed by atoms with Crippen molar-refractivity contribution in [3.63, 3.8) is 0 Å². The molecule has 3 nitrogen and oxygen atoms in total. The quantitative estimate of drug-likeness (QED) is 0.443. The van der Waals surface area contributed by atoms with E-state index >= 15 is 0 Å². The van der Waals surface area contributed by atoms with E-state index in [1.165, 1.54) is 0 Å². The zero-order valence-electron chi connectivity index (χ0n) is 7.63. The van der Waals surface area contributed by atoms with Crippen LogP contribution in [0, 0.1) is 0 Å². The Kier molecular flexibility index (Phi) is 4.15. The zero-order valence-corrected chi connectivity index (χ0v) is 8.38. The first kappa shape index (κ1) is 10.4. The number of halogens is 1. The van der Waals surface area contributed by atoms with Gasteiger partial charge in [0.2, 0.25) is 0 Å². The minimum Gasteiger partial charge on any atom is -0.271 e. The average molecular weight is 200 g/mol. The van der Waals surface area contributed by atoms with Crippen LogP contribution in [0.15, 0.2) is 18.3 Å². The molecule has 0 aliphatic carbocycles. The molecule has 1 aromatic heterocycles. The van der Waals surface area contributed by atoms with E-state index < -0.39 is 0 Å². The summed E-state index contributed by atoms with van der Waals surface area (Å²) in [5.74, 6) is 5.43. The lowest BCUT2D eigenvalue weighted by Crippen LogP contribution is -2.27. The fraction of sp³-hybridized carbons (Fsp3) is 0.444. The van der Waals surface area contributed by atoms with Gasteiger partial charge in [-0.25, -0.2) is 4.98 Å². The molecule has 0 bridgehead atoms. The number of nitrogens with zero attached hydrogens (tertiary/aromatic N) is 1. The minimum atomic E-state index is 0.172. The Balaban J connectivity index is 2.78. The lowest BCUT2D eigenvalue weighted by molar-refractivity contribution is 0.510. The molecule has 4 heteroatoms. The van der Waals surface area contributed by atoms with Crippen LogP contribution >= 0.6 is 11.6 Å². The molecule has 0 fully saturated rings. The van der Waals surface area contributed by atoms with E-state index in [9.17, 15) is 0 Å². The molecular weight excluding hydrogens is 186 g/mol. The van der Waals surface area contributed by atoms with E-state index in [1.54, 1.807) is 6.20 Å². The van der Waals surface area contributed by atoms with E-state index in [1.807, 2.05) is 12.1 Å². The Hall–Kier alpha value is -0.640. The highest BCUT2D eigenvalue weighted by Crippen LogP contribution is 2.18. The molecule has 3 N–H and O–H groups in total. The van der Waals surface area contributed by atoms with Gasteiger partial charge in [-0.05, 0) is 24.1 Å². The summed E-state index contributed by atoms with van der Waals surface area (Å²) in [6, 6.07) is 3.93. The fourth-order valence-corrected chi connectivity index (χ4v) is 1.45. The number of pyridine rings is 1. The second-order valence-corrected chi connectivity index (χ2v) is 3.31. The van der Waals surface area contributed by atoms with Crippen LogP contribution in [0.5, 0.6) is 0 Å². The van der Waals surface area contributed by atoms with Gasteiger partial charge < -0.3 is 0 Å². The Morgan fingerprint density at radius 3 is 3.00 bits per heavy atom. The second-order valence-electron chi connectivity index (χ2n) is 2.92. The van der Waals surface area contributed by atoms with Crippen LogP contribution in [-0.2, 0) is 0 Å². The van der Waals surface area contributed by atoms with Crippen molar-refractivity contribution >= 4 is 11.6 Å². The summed E-state index contributed by atoms with van der Waals surface area (Å²) in [4.78, 5) is 3.91. The van der Waals surface area contributed by atoms with Gasteiger partial charge in [-0.1, -0.05) is 24.9 Å². The van der Waals surface area contributed by atoms with E-state index in [4.69, 9.17) is 17.4 Å². The van der Waals surface area contributed by atoms with Gasteiger partial charge in [0.05, 0.1) is 0 Å². The number of rotatable bonds is 4. The fourth-order valence-electron chi connectivity index (χ4n) is 1.27. The molecule has 72 valence electrons. The molecule has 1 rings (SSSR count).